The van der Waals surface area contributed by atoms with E-state index in [-0.39, 0.29) is 17.9 Å². The lowest BCUT2D eigenvalue weighted by atomic mass is 10.1. The normalized spacial score (nSPS) is 17.6. The molecule has 0 radical (unpaired) electrons. The Bertz CT molecular complexity index is 545. The summed E-state index contributed by atoms with van der Waals surface area (Å²) in [5.74, 6) is -0.388. The summed E-state index contributed by atoms with van der Waals surface area (Å²) in [6.45, 7) is 5.18. The Morgan fingerprint density at radius 3 is 2.86 bits per heavy atom. The van der Waals surface area contributed by atoms with E-state index in [9.17, 15) is 9.59 Å². The fourth-order valence-corrected chi connectivity index (χ4v) is 2.57. The molecule has 0 bridgehead atoms. The molecule has 6 heteroatoms. The van der Waals surface area contributed by atoms with Gasteiger partial charge in [0.15, 0.2) is 0 Å². The van der Waals surface area contributed by atoms with E-state index in [0.29, 0.717) is 17.9 Å². The van der Waals surface area contributed by atoms with E-state index in [4.69, 9.17) is 10.5 Å². The highest BCUT2D eigenvalue weighted by atomic mass is 16.5. The lowest BCUT2D eigenvalue weighted by molar-refractivity contribution is -0.119. The van der Waals surface area contributed by atoms with Gasteiger partial charge in [0.25, 0.3) is 0 Å². The number of ether oxygens (including phenoxy) is 1. The number of carbonyl (C=O) groups excluding carboxylic acids is 2. The molecule has 0 aliphatic carbocycles. The van der Waals surface area contributed by atoms with E-state index in [1.54, 1.807) is 19.1 Å². The second-order valence-corrected chi connectivity index (χ2v) is 5.13. The molecule has 6 nitrogen and oxygen atoms in total. The average molecular weight is 291 g/mol. The Kier molecular flexibility index (Phi) is 4.67. The summed E-state index contributed by atoms with van der Waals surface area (Å²) in [5.41, 5.74) is 7.93. The number of nitrogens with zero attached hydrogens (tertiary/aromatic N) is 1. The van der Waals surface area contributed by atoms with Crippen LogP contribution in [0.2, 0.25) is 0 Å². The van der Waals surface area contributed by atoms with Crippen LogP contribution in [0.4, 0.5) is 11.4 Å². The third-order valence-corrected chi connectivity index (χ3v) is 3.47. The molecule has 1 heterocycles. The molecule has 1 unspecified atom stereocenters. The van der Waals surface area contributed by atoms with Crippen molar-refractivity contribution < 1.29 is 14.3 Å². The fourth-order valence-electron chi connectivity index (χ4n) is 2.57. The van der Waals surface area contributed by atoms with Gasteiger partial charge in [-0.05, 0) is 31.5 Å². The maximum absolute atomic E-state index is 11.7. The number of anilines is 2. The van der Waals surface area contributed by atoms with Crippen molar-refractivity contribution in [3.63, 3.8) is 0 Å². The van der Waals surface area contributed by atoms with Crippen LogP contribution in [0.5, 0.6) is 0 Å². The van der Waals surface area contributed by atoms with Crippen LogP contribution in [0.3, 0.4) is 0 Å². The number of esters is 1. The minimum absolute atomic E-state index is 0.0209. The lowest BCUT2D eigenvalue weighted by Crippen LogP contribution is -2.35. The molecule has 1 aliphatic rings. The maximum Gasteiger partial charge on any atom is 0.338 e. The Labute approximate surface area is 124 Å². The van der Waals surface area contributed by atoms with Crippen LogP contribution in [0.25, 0.3) is 0 Å². The van der Waals surface area contributed by atoms with Gasteiger partial charge in [-0.25, -0.2) is 4.79 Å². The Morgan fingerprint density at radius 1 is 1.48 bits per heavy atom. The van der Waals surface area contributed by atoms with Gasteiger partial charge in [0.1, 0.15) is 0 Å². The molecule has 1 amide bonds. The van der Waals surface area contributed by atoms with Gasteiger partial charge in [0, 0.05) is 26.1 Å². The van der Waals surface area contributed by atoms with Gasteiger partial charge in [-0.2, -0.15) is 0 Å². The van der Waals surface area contributed by atoms with Crippen molar-refractivity contribution in [2.24, 2.45) is 0 Å². The highest BCUT2D eigenvalue weighted by molar-refractivity contribution is 5.92. The summed E-state index contributed by atoms with van der Waals surface area (Å²) in [5, 5.41) is 2.91. The highest BCUT2D eigenvalue weighted by Crippen LogP contribution is 2.28. The number of rotatable bonds is 4. The molecule has 1 atom stereocenters. The van der Waals surface area contributed by atoms with Crippen molar-refractivity contribution in [2.75, 3.05) is 30.3 Å². The molecule has 0 aromatic heterocycles. The largest absolute Gasteiger partial charge is 0.462 e. The predicted molar refractivity (Wildman–Crippen MR) is 81.2 cm³/mol. The van der Waals surface area contributed by atoms with Crippen molar-refractivity contribution in [1.82, 2.24) is 5.32 Å². The molecule has 0 spiro atoms. The van der Waals surface area contributed by atoms with E-state index < -0.39 is 0 Å². The minimum Gasteiger partial charge on any atom is -0.462 e. The fraction of sp³-hybridized carbons (Fsp3) is 0.467. The molecule has 114 valence electrons. The first-order chi connectivity index (χ1) is 10.0. The van der Waals surface area contributed by atoms with Crippen molar-refractivity contribution >= 4 is 23.3 Å². The quantitative estimate of drug-likeness (QED) is 0.642. The third-order valence-electron chi connectivity index (χ3n) is 3.47. The monoisotopic (exact) mass is 291 g/mol. The molecule has 1 aromatic rings. The Hall–Kier alpha value is -2.24. The van der Waals surface area contributed by atoms with Crippen molar-refractivity contribution in [3.05, 3.63) is 23.8 Å². The van der Waals surface area contributed by atoms with Crippen molar-refractivity contribution in [2.45, 2.75) is 26.3 Å². The molecule has 1 saturated heterocycles. The van der Waals surface area contributed by atoms with Crippen LogP contribution in [0.1, 0.15) is 30.6 Å². The molecular weight excluding hydrogens is 270 g/mol. The zero-order valence-electron chi connectivity index (χ0n) is 12.4. The summed E-state index contributed by atoms with van der Waals surface area (Å²) in [6.07, 6.45) is 0.888. The van der Waals surface area contributed by atoms with Gasteiger partial charge in [-0.15, -0.1) is 0 Å². The number of hydrogen-bond donors (Lipinski definition) is 2. The van der Waals surface area contributed by atoms with Crippen LogP contribution in [0, 0.1) is 0 Å². The second-order valence-electron chi connectivity index (χ2n) is 5.13. The smallest absolute Gasteiger partial charge is 0.338 e. The highest BCUT2D eigenvalue weighted by Gasteiger charge is 2.24. The van der Waals surface area contributed by atoms with Gasteiger partial charge in [-0.3, -0.25) is 4.79 Å². The van der Waals surface area contributed by atoms with E-state index in [0.717, 1.165) is 25.2 Å². The number of amides is 1. The zero-order valence-corrected chi connectivity index (χ0v) is 12.4. The Morgan fingerprint density at radius 2 is 2.24 bits per heavy atom. The van der Waals surface area contributed by atoms with Crippen LogP contribution in [-0.2, 0) is 9.53 Å². The number of nitrogen functional groups attached to an aromatic ring is 1. The first kappa shape index (κ1) is 15.2. The molecule has 0 saturated carbocycles. The summed E-state index contributed by atoms with van der Waals surface area (Å²) in [7, 11) is 0. The molecule has 2 rings (SSSR count). The van der Waals surface area contributed by atoms with E-state index in [1.165, 1.54) is 6.92 Å². The first-order valence-corrected chi connectivity index (χ1v) is 7.10. The topological polar surface area (TPSA) is 84.7 Å². The van der Waals surface area contributed by atoms with E-state index in [2.05, 4.69) is 10.2 Å². The summed E-state index contributed by atoms with van der Waals surface area (Å²) in [6, 6.07) is 5.33. The average Bonchev–Trinajstić information content (AvgIpc) is 2.86. The molecule has 1 fully saturated rings. The van der Waals surface area contributed by atoms with Gasteiger partial charge in [0.2, 0.25) is 5.91 Å². The van der Waals surface area contributed by atoms with Gasteiger partial charge in [-0.1, -0.05) is 0 Å². The number of benzene rings is 1. The Balaban J connectivity index is 2.08. The first-order valence-electron chi connectivity index (χ1n) is 7.10. The lowest BCUT2D eigenvalue weighted by Gasteiger charge is -2.21. The van der Waals surface area contributed by atoms with Crippen molar-refractivity contribution in [3.8, 4) is 0 Å². The number of hydrogen-bond acceptors (Lipinski definition) is 5. The van der Waals surface area contributed by atoms with Gasteiger partial charge >= 0.3 is 5.97 Å². The summed E-state index contributed by atoms with van der Waals surface area (Å²) in [4.78, 5) is 24.9. The maximum atomic E-state index is 11.7. The van der Waals surface area contributed by atoms with E-state index >= 15 is 0 Å². The molecule has 1 aliphatic heterocycles. The molecule has 21 heavy (non-hydrogen) atoms. The van der Waals surface area contributed by atoms with Crippen LogP contribution >= 0.6 is 0 Å². The predicted octanol–water partition coefficient (Wildman–Crippen LogP) is 1.16. The van der Waals surface area contributed by atoms with Crippen molar-refractivity contribution in [1.29, 1.82) is 0 Å². The van der Waals surface area contributed by atoms with E-state index in [1.807, 2.05) is 6.07 Å². The number of nitrogens with one attached hydrogen (secondary N) is 1. The molecular formula is C15H21N3O3. The summed E-state index contributed by atoms with van der Waals surface area (Å²) < 4.78 is 4.95. The van der Waals surface area contributed by atoms with Crippen LogP contribution in [0.15, 0.2) is 18.2 Å². The molecule has 1 aromatic carbocycles. The van der Waals surface area contributed by atoms with Crippen LogP contribution < -0.4 is 16.0 Å². The van der Waals surface area contributed by atoms with Gasteiger partial charge in [0.05, 0.1) is 23.5 Å². The minimum atomic E-state index is -0.367. The van der Waals surface area contributed by atoms with Crippen LogP contribution in [-0.4, -0.2) is 37.6 Å². The summed E-state index contributed by atoms with van der Waals surface area (Å²) >= 11 is 0. The second kappa shape index (κ2) is 6.47. The standard InChI is InChI=1S/C15H21N3O3/c1-3-21-15(20)11-4-5-14(13(16)8-11)18-7-6-12(9-18)17-10(2)19/h4-5,8,12H,3,6-7,9,16H2,1-2H3,(H,17,19). The van der Waals surface area contributed by atoms with Gasteiger partial charge < -0.3 is 20.7 Å². The number of carbonyl (C=O) groups is 2. The third kappa shape index (κ3) is 3.65. The number of nitrogens with two attached hydrogens (primary N) is 1. The zero-order chi connectivity index (χ0) is 15.4. The molecule has 3 N–H and O–H groups in total. The SMILES string of the molecule is CCOC(=O)c1ccc(N2CCC(NC(C)=O)C2)c(N)c1.